The van der Waals surface area contributed by atoms with Crippen molar-refractivity contribution in [1.82, 2.24) is 0 Å². The van der Waals surface area contributed by atoms with Gasteiger partial charge in [-0.2, -0.15) is 0 Å². The van der Waals surface area contributed by atoms with E-state index in [0.717, 1.165) is 32.1 Å². The summed E-state index contributed by atoms with van der Waals surface area (Å²) in [6, 6.07) is 0. The zero-order valence-electron chi connectivity index (χ0n) is 15.3. The highest BCUT2D eigenvalue weighted by Gasteiger charge is 1.98. The molecule has 0 saturated heterocycles. The Kier molecular flexibility index (Phi) is 17.7. The number of esters is 1. The number of hydrogen-bond donors (Lipinski definition) is 0. The molecule has 0 amide bonds. The number of hydrogen-bond acceptors (Lipinski definition) is 2. The SMILES string of the molecule is CCCCC/C=C/C/C=C/C/C=C/CCCCCCC(=O)OC. The summed E-state index contributed by atoms with van der Waals surface area (Å²) >= 11 is 0. The maximum atomic E-state index is 10.9. The van der Waals surface area contributed by atoms with Crippen LogP contribution in [0.5, 0.6) is 0 Å². The molecule has 23 heavy (non-hydrogen) atoms. The van der Waals surface area contributed by atoms with E-state index >= 15 is 0 Å². The molecule has 0 rings (SSSR count). The second kappa shape index (κ2) is 18.7. The van der Waals surface area contributed by atoms with Crippen LogP contribution >= 0.6 is 0 Å². The fraction of sp³-hybridized carbons (Fsp3) is 0.667. The molecule has 0 aliphatic carbocycles. The average molecular weight is 321 g/mol. The second-order valence-electron chi connectivity index (χ2n) is 5.91. The molecule has 0 aromatic heterocycles. The summed E-state index contributed by atoms with van der Waals surface area (Å²) in [5.41, 5.74) is 0. The predicted molar refractivity (Wildman–Crippen MR) is 101 cm³/mol. The van der Waals surface area contributed by atoms with Gasteiger partial charge in [-0.15, -0.1) is 0 Å². The van der Waals surface area contributed by atoms with Crippen molar-refractivity contribution in [3.8, 4) is 0 Å². The number of allylic oxidation sites excluding steroid dienone is 6. The third kappa shape index (κ3) is 18.6. The summed E-state index contributed by atoms with van der Waals surface area (Å²) in [6.45, 7) is 2.24. The van der Waals surface area contributed by atoms with Crippen LogP contribution in [0.25, 0.3) is 0 Å². The summed E-state index contributed by atoms with van der Waals surface area (Å²) < 4.78 is 4.62. The van der Waals surface area contributed by atoms with E-state index in [-0.39, 0.29) is 5.97 Å². The summed E-state index contributed by atoms with van der Waals surface area (Å²) in [7, 11) is 1.45. The van der Waals surface area contributed by atoms with Crippen LogP contribution in [-0.4, -0.2) is 13.1 Å². The van der Waals surface area contributed by atoms with E-state index in [1.165, 1.54) is 45.6 Å². The van der Waals surface area contributed by atoms with Crippen molar-refractivity contribution in [3.63, 3.8) is 0 Å². The lowest BCUT2D eigenvalue weighted by atomic mass is 10.1. The van der Waals surface area contributed by atoms with Gasteiger partial charge in [-0.25, -0.2) is 0 Å². The molecule has 0 bridgehead atoms. The average Bonchev–Trinajstić information content (AvgIpc) is 2.57. The highest BCUT2D eigenvalue weighted by molar-refractivity contribution is 5.68. The molecule has 2 heteroatoms. The number of rotatable bonds is 15. The Bertz CT molecular complexity index is 340. The first kappa shape index (κ1) is 21.7. The molecule has 0 aliphatic rings. The molecule has 0 aromatic carbocycles. The summed E-state index contributed by atoms with van der Waals surface area (Å²) in [6.07, 6.45) is 27.0. The van der Waals surface area contributed by atoms with Gasteiger partial charge in [-0.05, 0) is 44.9 Å². The van der Waals surface area contributed by atoms with E-state index in [1.807, 2.05) is 0 Å². The van der Waals surface area contributed by atoms with Crippen molar-refractivity contribution in [2.45, 2.75) is 84.0 Å². The molecule has 0 N–H and O–H groups in total. The fourth-order valence-corrected chi connectivity index (χ4v) is 2.28. The van der Waals surface area contributed by atoms with E-state index < -0.39 is 0 Å². The highest BCUT2D eigenvalue weighted by atomic mass is 16.5. The molecule has 0 atom stereocenters. The Hall–Kier alpha value is -1.31. The molecule has 0 spiro atoms. The van der Waals surface area contributed by atoms with Gasteiger partial charge < -0.3 is 4.74 Å². The van der Waals surface area contributed by atoms with Crippen molar-refractivity contribution in [2.24, 2.45) is 0 Å². The minimum atomic E-state index is -0.0903. The third-order valence-electron chi connectivity index (χ3n) is 3.75. The van der Waals surface area contributed by atoms with Crippen LogP contribution in [0.3, 0.4) is 0 Å². The van der Waals surface area contributed by atoms with Crippen molar-refractivity contribution < 1.29 is 9.53 Å². The Balaban J connectivity index is 3.30. The minimum Gasteiger partial charge on any atom is -0.469 e. The minimum absolute atomic E-state index is 0.0903. The summed E-state index contributed by atoms with van der Waals surface area (Å²) in [5.74, 6) is -0.0903. The fourth-order valence-electron chi connectivity index (χ4n) is 2.28. The van der Waals surface area contributed by atoms with Gasteiger partial charge in [0.1, 0.15) is 0 Å². The lowest BCUT2D eigenvalue weighted by Crippen LogP contribution is -1.98. The molecular weight excluding hydrogens is 284 g/mol. The van der Waals surface area contributed by atoms with E-state index in [0.29, 0.717) is 6.42 Å². The predicted octanol–water partition coefficient (Wildman–Crippen LogP) is 6.53. The van der Waals surface area contributed by atoms with Crippen LogP contribution in [0.2, 0.25) is 0 Å². The zero-order chi connectivity index (χ0) is 17.0. The van der Waals surface area contributed by atoms with Crippen LogP contribution < -0.4 is 0 Å². The molecule has 132 valence electrons. The molecular formula is C21H36O2. The van der Waals surface area contributed by atoms with Crippen molar-refractivity contribution in [2.75, 3.05) is 7.11 Å². The van der Waals surface area contributed by atoms with E-state index in [1.54, 1.807) is 0 Å². The number of unbranched alkanes of at least 4 members (excludes halogenated alkanes) is 7. The molecule has 0 aliphatic heterocycles. The van der Waals surface area contributed by atoms with E-state index in [4.69, 9.17) is 0 Å². The molecule has 0 saturated carbocycles. The van der Waals surface area contributed by atoms with Crippen LogP contribution in [0.4, 0.5) is 0 Å². The summed E-state index contributed by atoms with van der Waals surface area (Å²) in [4.78, 5) is 10.9. The maximum Gasteiger partial charge on any atom is 0.305 e. The number of ether oxygens (including phenoxy) is 1. The number of carbonyl (C=O) groups is 1. The highest BCUT2D eigenvalue weighted by Crippen LogP contribution is 2.07. The topological polar surface area (TPSA) is 26.3 Å². The molecule has 0 fully saturated rings. The third-order valence-corrected chi connectivity index (χ3v) is 3.75. The Labute approximate surface area is 143 Å². The lowest BCUT2D eigenvalue weighted by Gasteiger charge is -1.99. The largest absolute Gasteiger partial charge is 0.469 e. The Morgan fingerprint density at radius 3 is 1.83 bits per heavy atom. The smallest absolute Gasteiger partial charge is 0.305 e. The molecule has 2 nitrogen and oxygen atoms in total. The van der Waals surface area contributed by atoms with Crippen LogP contribution in [0, 0.1) is 0 Å². The standard InChI is InChI=1S/C21H36O2/c1-3-4-5-6-7-8-9-10-11-12-13-14-15-16-17-18-19-20-21(22)23-2/h7-8,10-11,13-14H,3-6,9,12,15-20H2,1-2H3/b8-7+,11-10+,14-13+. The first-order valence-corrected chi connectivity index (χ1v) is 9.33. The maximum absolute atomic E-state index is 10.9. The zero-order valence-corrected chi connectivity index (χ0v) is 15.3. The van der Waals surface area contributed by atoms with Gasteiger partial charge in [0.2, 0.25) is 0 Å². The quantitative estimate of drug-likeness (QED) is 0.195. The van der Waals surface area contributed by atoms with Gasteiger partial charge in [0.25, 0.3) is 0 Å². The van der Waals surface area contributed by atoms with Gasteiger partial charge in [0, 0.05) is 6.42 Å². The molecule has 0 aromatic rings. The normalized spacial score (nSPS) is 11.9. The summed E-state index contributed by atoms with van der Waals surface area (Å²) in [5, 5.41) is 0. The van der Waals surface area contributed by atoms with Crippen molar-refractivity contribution in [3.05, 3.63) is 36.5 Å². The Morgan fingerprint density at radius 1 is 0.739 bits per heavy atom. The van der Waals surface area contributed by atoms with Crippen LogP contribution in [0.15, 0.2) is 36.5 Å². The molecule has 0 radical (unpaired) electrons. The van der Waals surface area contributed by atoms with Crippen LogP contribution in [-0.2, 0) is 9.53 Å². The first-order valence-electron chi connectivity index (χ1n) is 9.33. The monoisotopic (exact) mass is 320 g/mol. The van der Waals surface area contributed by atoms with Crippen molar-refractivity contribution >= 4 is 5.97 Å². The van der Waals surface area contributed by atoms with Gasteiger partial charge in [0.05, 0.1) is 7.11 Å². The van der Waals surface area contributed by atoms with Gasteiger partial charge in [-0.1, -0.05) is 69.1 Å². The first-order chi connectivity index (χ1) is 11.3. The van der Waals surface area contributed by atoms with Crippen molar-refractivity contribution in [1.29, 1.82) is 0 Å². The van der Waals surface area contributed by atoms with E-state index in [2.05, 4.69) is 48.1 Å². The lowest BCUT2D eigenvalue weighted by molar-refractivity contribution is -0.140. The molecule has 0 heterocycles. The second-order valence-corrected chi connectivity index (χ2v) is 5.91. The molecule has 0 unspecified atom stereocenters. The van der Waals surface area contributed by atoms with E-state index in [9.17, 15) is 4.79 Å². The number of methoxy groups -OCH3 is 1. The Morgan fingerprint density at radius 2 is 1.26 bits per heavy atom. The van der Waals surface area contributed by atoms with Gasteiger partial charge in [0.15, 0.2) is 0 Å². The van der Waals surface area contributed by atoms with Gasteiger partial charge in [-0.3, -0.25) is 4.79 Å². The number of carbonyl (C=O) groups excluding carboxylic acids is 1. The van der Waals surface area contributed by atoms with Crippen LogP contribution in [0.1, 0.15) is 84.0 Å². The van der Waals surface area contributed by atoms with Gasteiger partial charge >= 0.3 is 5.97 Å².